The Morgan fingerprint density at radius 3 is 2.42 bits per heavy atom. The quantitative estimate of drug-likeness (QED) is 0.659. The molecule has 3 aliphatic rings. The Morgan fingerprint density at radius 2 is 1.69 bits per heavy atom. The molecule has 2 aromatic carbocycles. The number of hydrogen-bond donors (Lipinski definition) is 0. The van der Waals surface area contributed by atoms with Crippen molar-refractivity contribution in [3.8, 4) is 5.75 Å². The minimum atomic E-state index is -0.0189. The summed E-state index contributed by atoms with van der Waals surface area (Å²) in [5.41, 5.74) is 2.48. The smallest absolute Gasteiger partial charge is 0.199 e. The van der Waals surface area contributed by atoms with Crippen molar-refractivity contribution in [2.45, 2.75) is 56.5 Å². The second-order valence-electron chi connectivity index (χ2n) is 7.93. The molecule has 2 aromatic rings. The van der Waals surface area contributed by atoms with Gasteiger partial charge in [-0.15, -0.1) is 0 Å². The van der Waals surface area contributed by atoms with Gasteiger partial charge in [0.25, 0.3) is 0 Å². The van der Waals surface area contributed by atoms with Crippen LogP contribution in [0, 0.1) is 0 Å². The van der Waals surface area contributed by atoms with Gasteiger partial charge in [-0.05, 0) is 50.9 Å². The van der Waals surface area contributed by atoms with Crippen LogP contribution < -0.4 is 9.64 Å². The Hall–Kier alpha value is -1.52. The third-order valence-corrected chi connectivity index (χ3v) is 6.98. The number of piperidine rings is 2. The Labute approximate surface area is 164 Å². The van der Waals surface area contributed by atoms with E-state index >= 15 is 0 Å². The second-order valence-corrected chi connectivity index (χ2v) is 8.85. The fraction of sp³-hybridized carbons (Fsp3) is 0.455. The third-order valence-electron chi connectivity index (χ3n) is 6.48. The average molecular weight is 413 g/mol. The van der Waals surface area contributed by atoms with E-state index in [1.54, 1.807) is 0 Å². The molecule has 0 amide bonds. The molecule has 3 heterocycles. The summed E-state index contributed by atoms with van der Waals surface area (Å²) >= 11 is 3.60. The fourth-order valence-corrected chi connectivity index (χ4v) is 5.49. The molecule has 5 rings (SSSR count). The zero-order valence-corrected chi connectivity index (χ0v) is 16.7. The Morgan fingerprint density at radius 1 is 0.962 bits per heavy atom. The van der Waals surface area contributed by atoms with E-state index in [1.807, 2.05) is 0 Å². The van der Waals surface area contributed by atoms with E-state index in [1.165, 1.54) is 43.4 Å². The van der Waals surface area contributed by atoms with E-state index in [2.05, 4.69) is 81.3 Å². The molecule has 3 atom stereocenters. The number of fused-ring (bicyclic) bond motifs is 3. The highest BCUT2D eigenvalue weighted by molar-refractivity contribution is 9.10. The van der Waals surface area contributed by atoms with Crippen LogP contribution in [0.3, 0.4) is 0 Å². The number of benzene rings is 2. The van der Waals surface area contributed by atoms with Crippen LogP contribution in [0.15, 0.2) is 53.0 Å². The lowest BCUT2D eigenvalue weighted by Gasteiger charge is -2.50. The van der Waals surface area contributed by atoms with Gasteiger partial charge in [0.15, 0.2) is 6.23 Å². The molecule has 0 saturated carbocycles. The van der Waals surface area contributed by atoms with Crippen LogP contribution in [0.5, 0.6) is 5.75 Å². The van der Waals surface area contributed by atoms with Gasteiger partial charge >= 0.3 is 0 Å². The van der Waals surface area contributed by atoms with Crippen LogP contribution in [0.1, 0.15) is 43.9 Å². The first-order chi connectivity index (χ1) is 12.7. The summed E-state index contributed by atoms with van der Waals surface area (Å²) in [7, 11) is 2.32. The van der Waals surface area contributed by atoms with E-state index in [9.17, 15) is 0 Å². The summed E-state index contributed by atoms with van der Waals surface area (Å²) in [6, 6.07) is 19.1. The molecule has 3 unspecified atom stereocenters. The van der Waals surface area contributed by atoms with Crippen LogP contribution in [0.25, 0.3) is 0 Å². The van der Waals surface area contributed by atoms with E-state index < -0.39 is 0 Å². The van der Waals surface area contributed by atoms with E-state index in [-0.39, 0.29) is 6.23 Å². The topological polar surface area (TPSA) is 15.7 Å². The maximum atomic E-state index is 6.47. The van der Waals surface area contributed by atoms with Crippen molar-refractivity contribution < 1.29 is 4.74 Å². The highest BCUT2D eigenvalue weighted by Crippen LogP contribution is 2.48. The largest absolute Gasteiger partial charge is 0.464 e. The minimum Gasteiger partial charge on any atom is -0.464 e. The number of rotatable bonds is 2. The van der Waals surface area contributed by atoms with E-state index in [0.29, 0.717) is 18.1 Å². The SMILES string of the molecule is CN1C2CCCC1CC(N1c3ccc(Br)cc3OC1c1ccccc1)C2. The van der Waals surface area contributed by atoms with Crippen molar-refractivity contribution in [1.29, 1.82) is 0 Å². The van der Waals surface area contributed by atoms with Crippen molar-refractivity contribution in [3.63, 3.8) is 0 Å². The second kappa shape index (κ2) is 6.58. The average Bonchev–Trinajstić information content (AvgIpc) is 3.01. The van der Waals surface area contributed by atoms with Gasteiger partial charge in [-0.25, -0.2) is 0 Å². The predicted molar refractivity (Wildman–Crippen MR) is 109 cm³/mol. The van der Waals surface area contributed by atoms with Gasteiger partial charge in [-0.1, -0.05) is 52.7 Å². The molecular weight excluding hydrogens is 388 g/mol. The summed E-state index contributed by atoms with van der Waals surface area (Å²) < 4.78 is 7.55. The standard InChI is InChI=1S/C22H25BrN2O/c1-24-17-8-5-9-18(24)14-19(13-17)25-20-11-10-16(23)12-21(20)26-22(25)15-6-3-2-4-7-15/h2-4,6-7,10-12,17-19,22H,5,8-9,13-14H2,1H3. The highest BCUT2D eigenvalue weighted by Gasteiger charge is 2.43. The fourth-order valence-electron chi connectivity index (χ4n) is 5.15. The summed E-state index contributed by atoms with van der Waals surface area (Å²) in [4.78, 5) is 5.20. The van der Waals surface area contributed by atoms with Crippen LogP contribution in [-0.4, -0.2) is 30.1 Å². The van der Waals surface area contributed by atoms with E-state index in [0.717, 1.165) is 10.2 Å². The van der Waals surface area contributed by atoms with Crippen molar-refractivity contribution in [2.75, 3.05) is 11.9 Å². The van der Waals surface area contributed by atoms with Crippen molar-refractivity contribution >= 4 is 21.6 Å². The van der Waals surface area contributed by atoms with Crippen molar-refractivity contribution in [2.24, 2.45) is 0 Å². The van der Waals surface area contributed by atoms with Crippen molar-refractivity contribution in [3.05, 3.63) is 58.6 Å². The van der Waals surface area contributed by atoms with Gasteiger partial charge in [0, 0.05) is 28.2 Å². The molecule has 2 saturated heterocycles. The third kappa shape index (κ3) is 2.74. The summed E-state index contributed by atoms with van der Waals surface area (Å²) in [5.74, 6) is 0.998. The maximum absolute atomic E-state index is 6.47. The monoisotopic (exact) mass is 412 g/mol. The van der Waals surface area contributed by atoms with Crippen LogP contribution in [0.2, 0.25) is 0 Å². The molecule has 26 heavy (non-hydrogen) atoms. The highest BCUT2D eigenvalue weighted by atomic mass is 79.9. The molecule has 136 valence electrons. The predicted octanol–water partition coefficient (Wildman–Crippen LogP) is 5.36. The van der Waals surface area contributed by atoms with Crippen LogP contribution in [0.4, 0.5) is 5.69 Å². The number of halogens is 1. The Kier molecular flexibility index (Phi) is 4.21. The Balaban J connectivity index is 1.53. The minimum absolute atomic E-state index is 0.0189. The zero-order chi connectivity index (χ0) is 17.7. The normalized spacial score (nSPS) is 30.8. The summed E-state index contributed by atoms with van der Waals surface area (Å²) in [6.45, 7) is 0. The van der Waals surface area contributed by atoms with Gasteiger partial charge in [0.1, 0.15) is 5.75 Å². The van der Waals surface area contributed by atoms with E-state index in [4.69, 9.17) is 4.74 Å². The molecule has 2 bridgehead atoms. The molecule has 0 radical (unpaired) electrons. The molecule has 0 spiro atoms. The first-order valence-corrected chi connectivity index (χ1v) is 10.5. The molecular formula is C22H25BrN2O. The van der Waals surface area contributed by atoms with Gasteiger partial charge < -0.3 is 14.5 Å². The first-order valence-electron chi connectivity index (χ1n) is 9.72. The van der Waals surface area contributed by atoms with Crippen molar-refractivity contribution in [1.82, 2.24) is 4.90 Å². The Bertz CT molecular complexity index is 782. The summed E-state index contributed by atoms with van der Waals surface area (Å²) in [5, 5.41) is 0. The molecule has 0 aromatic heterocycles. The zero-order valence-electron chi connectivity index (χ0n) is 15.1. The number of hydrogen-bond acceptors (Lipinski definition) is 3. The molecule has 0 N–H and O–H groups in total. The van der Waals surface area contributed by atoms with Gasteiger partial charge in [-0.2, -0.15) is 0 Å². The molecule has 0 aliphatic carbocycles. The lowest BCUT2D eigenvalue weighted by atomic mass is 9.81. The van der Waals surface area contributed by atoms with Gasteiger partial charge in [-0.3, -0.25) is 0 Å². The summed E-state index contributed by atoms with van der Waals surface area (Å²) in [6.07, 6.45) is 6.50. The number of ether oxygens (including phenoxy) is 1. The molecule has 3 aliphatic heterocycles. The van der Waals surface area contributed by atoms with Gasteiger partial charge in [0.05, 0.1) is 5.69 Å². The molecule has 3 nitrogen and oxygen atoms in total. The molecule has 2 fully saturated rings. The van der Waals surface area contributed by atoms with Crippen LogP contribution in [-0.2, 0) is 0 Å². The number of anilines is 1. The molecule has 4 heteroatoms. The number of nitrogens with zero attached hydrogens (tertiary/aromatic N) is 2. The lowest BCUT2D eigenvalue weighted by Crippen LogP contribution is -2.55. The van der Waals surface area contributed by atoms with Crippen LogP contribution >= 0.6 is 15.9 Å². The lowest BCUT2D eigenvalue weighted by molar-refractivity contribution is 0.0482. The van der Waals surface area contributed by atoms with Gasteiger partial charge in [0.2, 0.25) is 0 Å². The first kappa shape index (κ1) is 16.6. The maximum Gasteiger partial charge on any atom is 0.199 e.